The number of unbranched alkanes of at least 4 members (excludes halogenated alkanes) is 6. The normalized spacial score (nSPS) is 14.2. The highest BCUT2D eigenvalue weighted by molar-refractivity contribution is 7.99. The van der Waals surface area contributed by atoms with Gasteiger partial charge in [0.25, 0.3) is 0 Å². The number of thioether (sulfide) groups is 1. The Bertz CT molecular complexity index is 212. The van der Waals surface area contributed by atoms with Gasteiger partial charge in [-0.1, -0.05) is 72.1 Å². The molecule has 0 aliphatic rings. The Balaban J connectivity index is 3.36. The van der Waals surface area contributed by atoms with Crippen molar-refractivity contribution in [3.05, 3.63) is 0 Å². The number of rotatable bonds is 17. The van der Waals surface area contributed by atoms with Gasteiger partial charge in [0.15, 0.2) is 0 Å². The molecule has 3 heteroatoms. The van der Waals surface area contributed by atoms with Gasteiger partial charge < -0.3 is 9.84 Å². The summed E-state index contributed by atoms with van der Waals surface area (Å²) in [5, 5.41) is 9.94. The number of hydrogen-bond donors (Lipinski definition) is 1. The van der Waals surface area contributed by atoms with Gasteiger partial charge in [-0.3, -0.25) is 0 Å². The summed E-state index contributed by atoms with van der Waals surface area (Å²) in [6.45, 7) is 8.04. The molecule has 0 bridgehead atoms. The van der Waals surface area contributed by atoms with E-state index >= 15 is 0 Å². The predicted octanol–water partition coefficient (Wildman–Crippen LogP) is 5.67. The molecule has 0 spiro atoms. The maximum Gasteiger partial charge on any atom is 0.0863 e. The van der Waals surface area contributed by atoms with Crippen molar-refractivity contribution in [2.45, 2.75) is 91.1 Å². The molecule has 0 fully saturated rings. The fourth-order valence-electron chi connectivity index (χ4n) is 2.52. The van der Waals surface area contributed by atoms with Crippen molar-refractivity contribution in [1.82, 2.24) is 0 Å². The van der Waals surface area contributed by atoms with Gasteiger partial charge >= 0.3 is 0 Å². The Morgan fingerprint density at radius 2 is 1.55 bits per heavy atom. The SMILES string of the molecule is CCCCCCCCSCC(O)COCC(CC)CCCC. The van der Waals surface area contributed by atoms with Crippen molar-refractivity contribution in [2.75, 3.05) is 24.7 Å². The molecule has 0 aliphatic heterocycles. The molecular formula is C19H40O2S. The van der Waals surface area contributed by atoms with Gasteiger partial charge in [0, 0.05) is 12.4 Å². The third-order valence-electron chi connectivity index (χ3n) is 4.16. The van der Waals surface area contributed by atoms with Crippen LogP contribution < -0.4 is 0 Å². The molecule has 0 radical (unpaired) electrons. The quantitative estimate of drug-likeness (QED) is 0.348. The highest BCUT2D eigenvalue weighted by atomic mass is 32.2. The second kappa shape index (κ2) is 17.6. The van der Waals surface area contributed by atoms with Crippen LogP contribution in [-0.4, -0.2) is 35.9 Å². The molecule has 22 heavy (non-hydrogen) atoms. The smallest absolute Gasteiger partial charge is 0.0863 e. The average Bonchev–Trinajstić information content (AvgIpc) is 2.53. The summed E-state index contributed by atoms with van der Waals surface area (Å²) in [4.78, 5) is 0. The van der Waals surface area contributed by atoms with Crippen LogP contribution in [0.3, 0.4) is 0 Å². The molecule has 2 nitrogen and oxygen atoms in total. The fraction of sp³-hybridized carbons (Fsp3) is 1.00. The molecule has 0 aromatic heterocycles. The summed E-state index contributed by atoms with van der Waals surface area (Å²) in [5.41, 5.74) is 0. The van der Waals surface area contributed by atoms with Gasteiger partial charge in [0.05, 0.1) is 12.7 Å². The predicted molar refractivity (Wildman–Crippen MR) is 101 cm³/mol. The van der Waals surface area contributed by atoms with Gasteiger partial charge in [-0.2, -0.15) is 11.8 Å². The molecule has 0 aromatic carbocycles. The molecule has 0 saturated heterocycles. The first-order valence-corrected chi connectivity index (χ1v) is 10.7. The van der Waals surface area contributed by atoms with Crippen molar-refractivity contribution in [1.29, 1.82) is 0 Å². The Hall–Kier alpha value is 0.270. The van der Waals surface area contributed by atoms with E-state index < -0.39 is 0 Å². The molecule has 0 aliphatic carbocycles. The van der Waals surface area contributed by atoms with Gasteiger partial charge in [-0.15, -0.1) is 0 Å². The molecule has 0 amide bonds. The van der Waals surface area contributed by atoms with Crippen molar-refractivity contribution in [2.24, 2.45) is 5.92 Å². The Morgan fingerprint density at radius 1 is 0.864 bits per heavy atom. The molecule has 2 atom stereocenters. The molecule has 1 N–H and O–H groups in total. The zero-order chi connectivity index (χ0) is 16.5. The monoisotopic (exact) mass is 332 g/mol. The number of aliphatic hydroxyl groups excluding tert-OH is 1. The topological polar surface area (TPSA) is 29.5 Å². The molecule has 0 aromatic rings. The van der Waals surface area contributed by atoms with Crippen molar-refractivity contribution >= 4 is 11.8 Å². The summed E-state index contributed by atoms with van der Waals surface area (Å²) in [7, 11) is 0. The first-order valence-electron chi connectivity index (χ1n) is 9.58. The van der Waals surface area contributed by atoms with E-state index in [0.717, 1.165) is 12.4 Å². The summed E-state index contributed by atoms with van der Waals surface area (Å²) >= 11 is 1.87. The van der Waals surface area contributed by atoms with E-state index in [0.29, 0.717) is 12.5 Å². The first-order chi connectivity index (χ1) is 10.7. The van der Waals surface area contributed by atoms with Gasteiger partial charge in [-0.25, -0.2) is 0 Å². The zero-order valence-corrected chi connectivity index (χ0v) is 16.1. The van der Waals surface area contributed by atoms with E-state index in [2.05, 4.69) is 20.8 Å². The van der Waals surface area contributed by atoms with E-state index in [1.165, 1.54) is 70.0 Å². The van der Waals surface area contributed by atoms with Crippen molar-refractivity contribution in [3.63, 3.8) is 0 Å². The lowest BCUT2D eigenvalue weighted by Crippen LogP contribution is -2.21. The van der Waals surface area contributed by atoms with E-state index in [1.807, 2.05) is 11.8 Å². The molecule has 134 valence electrons. The number of ether oxygens (including phenoxy) is 1. The van der Waals surface area contributed by atoms with Gasteiger partial charge in [0.1, 0.15) is 0 Å². The van der Waals surface area contributed by atoms with Crippen molar-refractivity contribution in [3.8, 4) is 0 Å². The molecule has 2 unspecified atom stereocenters. The van der Waals surface area contributed by atoms with Gasteiger partial charge in [0.2, 0.25) is 0 Å². The number of hydrogen-bond acceptors (Lipinski definition) is 3. The van der Waals surface area contributed by atoms with Gasteiger partial charge in [-0.05, 0) is 24.5 Å². The van der Waals surface area contributed by atoms with E-state index in [4.69, 9.17) is 4.74 Å². The minimum Gasteiger partial charge on any atom is -0.390 e. The highest BCUT2D eigenvalue weighted by Crippen LogP contribution is 2.14. The van der Waals surface area contributed by atoms with Crippen LogP contribution >= 0.6 is 11.8 Å². The summed E-state index contributed by atoms with van der Waals surface area (Å²) in [5.74, 6) is 2.67. The number of aliphatic hydroxyl groups is 1. The third-order valence-corrected chi connectivity index (χ3v) is 5.36. The highest BCUT2D eigenvalue weighted by Gasteiger charge is 2.09. The first kappa shape index (κ1) is 22.3. The lowest BCUT2D eigenvalue weighted by Gasteiger charge is -2.16. The minimum absolute atomic E-state index is 0.297. The van der Waals surface area contributed by atoms with Crippen LogP contribution in [0.5, 0.6) is 0 Å². The molecular weight excluding hydrogens is 292 g/mol. The van der Waals surface area contributed by atoms with Crippen LogP contribution in [-0.2, 0) is 4.74 Å². The van der Waals surface area contributed by atoms with E-state index in [1.54, 1.807) is 0 Å². The standard InChI is InChI=1S/C19H40O2S/c1-4-7-9-10-11-12-14-22-17-19(20)16-21-15-18(6-3)13-8-5-2/h18-20H,4-17H2,1-3H3. The fourth-order valence-corrected chi connectivity index (χ4v) is 3.46. The van der Waals surface area contributed by atoms with Crippen LogP contribution in [0.4, 0.5) is 0 Å². The van der Waals surface area contributed by atoms with Crippen molar-refractivity contribution < 1.29 is 9.84 Å². The second-order valence-electron chi connectivity index (χ2n) is 6.45. The Morgan fingerprint density at radius 3 is 2.23 bits per heavy atom. The second-order valence-corrected chi connectivity index (χ2v) is 7.60. The molecule has 0 heterocycles. The average molecular weight is 333 g/mol. The van der Waals surface area contributed by atoms with Crippen LogP contribution in [0.2, 0.25) is 0 Å². The van der Waals surface area contributed by atoms with E-state index in [-0.39, 0.29) is 6.10 Å². The van der Waals surface area contributed by atoms with Crippen LogP contribution in [0.25, 0.3) is 0 Å². The van der Waals surface area contributed by atoms with Crippen LogP contribution in [0.15, 0.2) is 0 Å². The zero-order valence-electron chi connectivity index (χ0n) is 15.3. The third kappa shape index (κ3) is 15.2. The van der Waals surface area contributed by atoms with E-state index in [9.17, 15) is 5.11 Å². The Labute approximate surface area is 143 Å². The summed E-state index contributed by atoms with van der Waals surface area (Å²) < 4.78 is 5.70. The summed E-state index contributed by atoms with van der Waals surface area (Å²) in [6, 6.07) is 0. The maximum absolute atomic E-state index is 9.94. The van der Waals surface area contributed by atoms with Crippen LogP contribution in [0, 0.1) is 5.92 Å². The summed E-state index contributed by atoms with van der Waals surface area (Å²) in [6.07, 6.45) is 12.8. The van der Waals surface area contributed by atoms with Crippen LogP contribution in [0.1, 0.15) is 85.0 Å². The lowest BCUT2D eigenvalue weighted by molar-refractivity contribution is 0.0288. The maximum atomic E-state index is 9.94. The Kier molecular flexibility index (Phi) is 17.8. The molecule has 0 rings (SSSR count). The minimum atomic E-state index is -0.297. The molecule has 0 saturated carbocycles. The largest absolute Gasteiger partial charge is 0.390 e. The lowest BCUT2D eigenvalue weighted by atomic mass is 10.0.